The first-order chi connectivity index (χ1) is 9.65. The molecule has 0 saturated heterocycles. The fourth-order valence-corrected chi connectivity index (χ4v) is 2.63. The van der Waals surface area contributed by atoms with Gasteiger partial charge in [0.2, 0.25) is 0 Å². The molecule has 1 aromatic carbocycles. The molecule has 0 aliphatic heterocycles. The standard InChI is InChI=1S/C17H29NO2/c1-5-7-8-14(6-2)15(18)11-13-9-10-16(19-3)17(12-13)20-4/h9-10,12,14-15H,5-8,11,18H2,1-4H3. The minimum absolute atomic E-state index is 0.213. The number of hydrogen-bond acceptors (Lipinski definition) is 3. The van der Waals surface area contributed by atoms with Crippen molar-refractivity contribution in [3.05, 3.63) is 23.8 Å². The molecule has 20 heavy (non-hydrogen) atoms. The highest BCUT2D eigenvalue weighted by molar-refractivity contribution is 5.43. The van der Waals surface area contributed by atoms with Gasteiger partial charge in [-0.1, -0.05) is 39.2 Å². The number of hydrogen-bond donors (Lipinski definition) is 1. The van der Waals surface area contributed by atoms with Crippen molar-refractivity contribution >= 4 is 0 Å². The third-order valence-corrected chi connectivity index (χ3v) is 3.98. The lowest BCUT2D eigenvalue weighted by Crippen LogP contribution is -2.32. The third-order valence-electron chi connectivity index (χ3n) is 3.98. The van der Waals surface area contributed by atoms with Crippen LogP contribution in [0.3, 0.4) is 0 Å². The Balaban J connectivity index is 2.71. The van der Waals surface area contributed by atoms with Crippen molar-refractivity contribution in [1.29, 1.82) is 0 Å². The van der Waals surface area contributed by atoms with Gasteiger partial charge in [0.25, 0.3) is 0 Å². The maximum absolute atomic E-state index is 6.39. The van der Waals surface area contributed by atoms with Crippen molar-refractivity contribution in [2.75, 3.05) is 14.2 Å². The summed E-state index contributed by atoms with van der Waals surface area (Å²) in [6, 6.07) is 6.28. The largest absolute Gasteiger partial charge is 0.493 e. The monoisotopic (exact) mass is 279 g/mol. The summed E-state index contributed by atoms with van der Waals surface area (Å²) in [5, 5.41) is 0. The van der Waals surface area contributed by atoms with Crippen molar-refractivity contribution in [2.45, 2.75) is 52.0 Å². The van der Waals surface area contributed by atoms with Gasteiger partial charge in [-0.2, -0.15) is 0 Å². The van der Waals surface area contributed by atoms with E-state index < -0.39 is 0 Å². The molecule has 2 N–H and O–H groups in total. The van der Waals surface area contributed by atoms with Crippen LogP contribution in [0.2, 0.25) is 0 Å². The van der Waals surface area contributed by atoms with E-state index in [9.17, 15) is 0 Å². The number of nitrogens with two attached hydrogens (primary N) is 1. The summed E-state index contributed by atoms with van der Waals surface area (Å²) in [4.78, 5) is 0. The van der Waals surface area contributed by atoms with E-state index in [1.165, 1.54) is 24.8 Å². The summed E-state index contributed by atoms with van der Waals surface area (Å²) in [6.45, 7) is 4.46. The molecule has 3 heteroatoms. The molecule has 0 aliphatic rings. The van der Waals surface area contributed by atoms with Crippen LogP contribution in [-0.2, 0) is 6.42 Å². The number of benzene rings is 1. The van der Waals surface area contributed by atoms with Crippen LogP contribution in [-0.4, -0.2) is 20.3 Å². The van der Waals surface area contributed by atoms with E-state index in [2.05, 4.69) is 19.9 Å². The fourth-order valence-electron chi connectivity index (χ4n) is 2.63. The Labute approximate surface area is 123 Å². The summed E-state index contributed by atoms with van der Waals surface area (Å²) in [7, 11) is 3.32. The first kappa shape index (κ1) is 16.8. The Morgan fingerprint density at radius 2 is 1.80 bits per heavy atom. The molecule has 1 rings (SSSR count). The van der Waals surface area contributed by atoms with Crippen LogP contribution in [0, 0.1) is 5.92 Å². The van der Waals surface area contributed by atoms with E-state index in [4.69, 9.17) is 15.2 Å². The van der Waals surface area contributed by atoms with E-state index in [1.807, 2.05) is 12.1 Å². The molecular weight excluding hydrogens is 250 g/mol. The molecule has 0 spiro atoms. The van der Waals surface area contributed by atoms with Gasteiger partial charge in [0.05, 0.1) is 14.2 Å². The Morgan fingerprint density at radius 3 is 2.35 bits per heavy atom. The second-order valence-corrected chi connectivity index (χ2v) is 5.37. The van der Waals surface area contributed by atoms with Crippen LogP contribution < -0.4 is 15.2 Å². The van der Waals surface area contributed by atoms with Gasteiger partial charge in [-0.25, -0.2) is 0 Å². The predicted molar refractivity (Wildman–Crippen MR) is 84.5 cm³/mol. The van der Waals surface area contributed by atoms with Gasteiger partial charge in [0, 0.05) is 6.04 Å². The van der Waals surface area contributed by atoms with Crippen LogP contribution in [0.5, 0.6) is 11.5 Å². The van der Waals surface area contributed by atoms with Crippen LogP contribution in [0.1, 0.15) is 45.1 Å². The molecule has 3 nitrogen and oxygen atoms in total. The molecule has 0 fully saturated rings. The smallest absolute Gasteiger partial charge is 0.160 e. The third kappa shape index (κ3) is 4.71. The van der Waals surface area contributed by atoms with Crippen molar-refractivity contribution in [2.24, 2.45) is 11.7 Å². The quantitative estimate of drug-likeness (QED) is 0.748. The summed E-state index contributed by atoms with van der Waals surface area (Å²) < 4.78 is 10.6. The van der Waals surface area contributed by atoms with Crippen molar-refractivity contribution < 1.29 is 9.47 Å². The van der Waals surface area contributed by atoms with Crippen LogP contribution >= 0.6 is 0 Å². The molecule has 2 unspecified atom stereocenters. The van der Waals surface area contributed by atoms with Gasteiger partial charge < -0.3 is 15.2 Å². The average Bonchev–Trinajstić information content (AvgIpc) is 2.47. The molecule has 0 amide bonds. The minimum Gasteiger partial charge on any atom is -0.493 e. The molecule has 0 aliphatic carbocycles. The van der Waals surface area contributed by atoms with Crippen molar-refractivity contribution in [3.63, 3.8) is 0 Å². The van der Waals surface area contributed by atoms with Crippen LogP contribution in [0.15, 0.2) is 18.2 Å². The van der Waals surface area contributed by atoms with E-state index in [-0.39, 0.29) is 6.04 Å². The molecule has 114 valence electrons. The van der Waals surface area contributed by atoms with E-state index in [1.54, 1.807) is 14.2 Å². The van der Waals surface area contributed by atoms with Crippen molar-refractivity contribution in [1.82, 2.24) is 0 Å². The maximum atomic E-state index is 6.39. The zero-order valence-electron chi connectivity index (χ0n) is 13.3. The number of ether oxygens (including phenoxy) is 2. The summed E-state index contributed by atoms with van der Waals surface area (Å²) in [6.07, 6.45) is 5.76. The zero-order valence-corrected chi connectivity index (χ0v) is 13.3. The molecule has 0 radical (unpaired) electrons. The topological polar surface area (TPSA) is 44.5 Å². The highest BCUT2D eigenvalue weighted by Gasteiger charge is 2.16. The maximum Gasteiger partial charge on any atom is 0.160 e. The van der Waals surface area contributed by atoms with Gasteiger partial charge in [-0.3, -0.25) is 0 Å². The summed E-state index contributed by atoms with van der Waals surface area (Å²) >= 11 is 0. The molecule has 0 bridgehead atoms. The first-order valence-electron chi connectivity index (χ1n) is 7.62. The average molecular weight is 279 g/mol. The summed E-state index contributed by atoms with van der Waals surface area (Å²) in [5.74, 6) is 2.14. The fraction of sp³-hybridized carbons (Fsp3) is 0.647. The molecule has 1 aromatic rings. The Hall–Kier alpha value is -1.22. The Bertz CT molecular complexity index is 393. The second-order valence-electron chi connectivity index (χ2n) is 5.37. The minimum atomic E-state index is 0.213. The van der Waals surface area contributed by atoms with Gasteiger partial charge in [-0.05, 0) is 36.5 Å². The molecule has 0 aromatic heterocycles. The Morgan fingerprint density at radius 1 is 1.10 bits per heavy atom. The first-order valence-corrected chi connectivity index (χ1v) is 7.62. The number of rotatable bonds is 9. The predicted octanol–water partition coefficient (Wildman–Crippen LogP) is 3.79. The van der Waals surface area contributed by atoms with Gasteiger partial charge in [0.15, 0.2) is 11.5 Å². The SMILES string of the molecule is CCCCC(CC)C(N)Cc1ccc(OC)c(OC)c1. The molecular formula is C17H29NO2. The van der Waals surface area contributed by atoms with Gasteiger partial charge >= 0.3 is 0 Å². The van der Waals surface area contributed by atoms with E-state index >= 15 is 0 Å². The highest BCUT2D eigenvalue weighted by Crippen LogP contribution is 2.28. The van der Waals surface area contributed by atoms with Gasteiger partial charge in [-0.15, -0.1) is 0 Å². The summed E-state index contributed by atoms with van der Waals surface area (Å²) in [5.41, 5.74) is 7.60. The lowest BCUT2D eigenvalue weighted by molar-refractivity contribution is 0.352. The van der Waals surface area contributed by atoms with E-state index in [0.29, 0.717) is 5.92 Å². The highest BCUT2D eigenvalue weighted by atomic mass is 16.5. The van der Waals surface area contributed by atoms with E-state index in [0.717, 1.165) is 24.3 Å². The Kier molecular flexibility index (Phi) is 7.45. The molecule has 2 atom stereocenters. The second kappa shape index (κ2) is 8.85. The number of methoxy groups -OCH3 is 2. The van der Waals surface area contributed by atoms with Crippen LogP contribution in [0.4, 0.5) is 0 Å². The lowest BCUT2D eigenvalue weighted by Gasteiger charge is -2.23. The number of unbranched alkanes of at least 4 members (excludes halogenated alkanes) is 1. The van der Waals surface area contributed by atoms with Gasteiger partial charge in [0.1, 0.15) is 0 Å². The van der Waals surface area contributed by atoms with Crippen LogP contribution in [0.25, 0.3) is 0 Å². The molecule has 0 heterocycles. The molecule has 0 saturated carbocycles. The lowest BCUT2D eigenvalue weighted by atomic mass is 9.88. The zero-order chi connectivity index (χ0) is 15.0. The normalized spacial score (nSPS) is 13.8. The van der Waals surface area contributed by atoms with Crippen molar-refractivity contribution in [3.8, 4) is 11.5 Å².